The van der Waals surface area contributed by atoms with Crippen LogP contribution in [0, 0.1) is 11.8 Å². The molecule has 0 N–H and O–H groups in total. The van der Waals surface area contributed by atoms with E-state index in [1.165, 1.54) is 12.8 Å². The number of carbonyl (C=O) groups is 1. The highest BCUT2D eigenvalue weighted by Crippen LogP contribution is 2.34. The van der Waals surface area contributed by atoms with E-state index in [0.717, 1.165) is 25.2 Å². The molecule has 1 saturated carbocycles. The number of hydrogen-bond donors (Lipinski definition) is 0. The summed E-state index contributed by atoms with van der Waals surface area (Å²) >= 11 is 0. The van der Waals surface area contributed by atoms with Gasteiger partial charge < -0.3 is 0 Å². The zero-order chi connectivity index (χ0) is 8.27. The highest BCUT2D eigenvalue weighted by atomic mass is 16.1. The molecule has 1 heteroatoms. The summed E-state index contributed by atoms with van der Waals surface area (Å²) in [6.45, 7) is 4.22. The Morgan fingerprint density at radius 2 is 1.91 bits per heavy atom. The van der Waals surface area contributed by atoms with Gasteiger partial charge in [0, 0.05) is 12.3 Å². The molecular weight excluding hydrogens is 136 g/mol. The summed E-state index contributed by atoms with van der Waals surface area (Å²) in [5.41, 5.74) is 0. The molecule has 1 aliphatic rings. The monoisotopic (exact) mass is 154 g/mol. The molecule has 0 amide bonds. The lowest BCUT2D eigenvalue weighted by Crippen LogP contribution is -2.12. The molecule has 0 heterocycles. The van der Waals surface area contributed by atoms with E-state index in [4.69, 9.17) is 0 Å². The van der Waals surface area contributed by atoms with E-state index in [0.29, 0.717) is 11.7 Å². The Labute approximate surface area is 69.2 Å². The molecule has 0 aromatic carbocycles. The second-order valence-corrected chi connectivity index (χ2v) is 3.63. The zero-order valence-electron chi connectivity index (χ0n) is 7.60. The molecule has 0 atom stereocenters. The Morgan fingerprint density at radius 1 is 1.36 bits per heavy atom. The Kier molecular flexibility index (Phi) is 3.10. The minimum Gasteiger partial charge on any atom is -0.299 e. The number of hydrogen-bond acceptors (Lipinski definition) is 1. The Balaban J connectivity index is 2.24. The molecule has 1 nitrogen and oxygen atoms in total. The molecule has 1 rings (SSSR count). The molecular formula is C10H18O. The standard InChI is InChI=1S/C10H18O/c1-3-9(4-2)10(11)7-8-5-6-8/h8-9H,3-7H2,1-2H3. The van der Waals surface area contributed by atoms with E-state index < -0.39 is 0 Å². The molecule has 0 aromatic rings. The second-order valence-electron chi connectivity index (χ2n) is 3.63. The number of rotatable bonds is 5. The Bertz CT molecular complexity index is 132. The quantitative estimate of drug-likeness (QED) is 0.595. The largest absolute Gasteiger partial charge is 0.299 e. The molecule has 0 aromatic heterocycles. The van der Waals surface area contributed by atoms with Crippen LogP contribution in [0.3, 0.4) is 0 Å². The van der Waals surface area contributed by atoms with Crippen LogP contribution in [0.2, 0.25) is 0 Å². The van der Waals surface area contributed by atoms with Gasteiger partial charge in [0.15, 0.2) is 0 Å². The molecule has 1 aliphatic carbocycles. The van der Waals surface area contributed by atoms with Crippen LogP contribution in [-0.4, -0.2) is 5.78 Å². The van der Waals surface area contributed by atoms with Crippen molar-refractivity contribution >= 4 is 5.78 Å². The van der Waals surface area contributed by atoms with Crippen LogP contribution in [-0.2, 0) is 4.79 Å². The van der Waals surface area contributed by atoms with E-state index in [1.807, 2.05) is 0 Å². The van der Waals surface area contributed by atoms with E-state index in [1.54, 1.807) is 0 Å². The van der Waals surface area contributed by atoms with Gasteiger partial charge in [-0.25, -0.2) is 0 Å². The van der Waals surface area contributed by atoms with Crippen molar-refractivity contribution in [3.8, 4) is 0 Å². The number of ketones is 1. The lowest BCUT2D eigenvalue weighted by molar-refractivity contribution is -0.123. The van der Waals surface area contributed by atoms with Crippen LogP contribution in [0.4, 0.5) is 0 Å². The summed E-state index contributed by atoms with van der Waals surface area (Å²) in [7, 11) is 0. The van der Waals surface area contributed by atoms with E-state index >= 15 is 0 Å². The molecule has 1 fully saturated rings. The Hall–Kier alpha value is -0.330. The molecule has 11 heavy (non-hydrogen) atoms. The average molecular weight is 154 g/mol. The van der Waals surface area contributed by atoms with E-state index in [9.17, 15) is 4.79 Å². The van der Waals surface area contributed by atoms with E-state index in [-0.39, 0.29) is 0 Å². The third-order valence-electron chi connectivity index (χ3n) is 2.63. The third kappa shape index (κ3) is 2.64. The van der Waals surface area contributed by atoms with Crippen molar-refractivity contribution < 1.29 is 4.79 Å². The van der Waals surface area contributed by atoms with Gasteiger partial charge in [-0.1, -0.05) is 13.8 Å². The third-order valence-corrected chi connectivity index (χ3v) is 2.63. The number of Topliss-reactive ketones (excluding diaryl/α,β-unsaturated/α-hetero) is 1. The predicted octanol–water partition coefficient (Wildman–Crippen LogP) is 2.79. The maximum absolute atomic E-state index is 11.5. The second kappa shape index (κ2) is 3.89. The first-order chi connectivity index (χ1) is 5.27. The summed E-state index contributed by atoms with van der Waals surface area (Å²) in [6, 6.07) is 0. The van der Waals surface area contributed by atoms with Gasteiger partial charge in [0.05, 0.1) is 0 Å². The van der Waals surface area contributed by atoms with Gasteiger partial charge in [-0.3, -0.25) is 4.79 Å². The van der Waals surface area contributed by atoms with Crippen LogP contribution < -0.4 is 0 Å². The van der Waals surface area contributed by atoms with Gasteiger partial charge in [-0.15, -0.1) is 0 Å². The van der Waals surface area contributed by atoms with Crippen LogP contribution in [0.5, 0.6) is 0 Å². The van der Waals surface area contributed by atoms with Crippen molar-refractivity contribution in [2.75, 3.05) is 0 Å². The lowest BCUT2D eigenvalue weighted by Gasteiger charge is -2.09. The van der Waals surface area contributed by atoms with Gasteiger partial charge >= 0.3 is 0 Å². The van der Waals surface area contributed by atoms with Crippen LogP contribution in [0.15, 0.2) is 0 Å². The first kappa shape index (κ1) is 8.76. The fourth-order valence-corrected chi connectivity index (χ4v) is 1.52. The van der Waals surface area contributed by atoms with Crippen molar-refractivity contribution in [1.29, 1.82) is 0 Å². The van der Waals surface area contributed by atoms with Gasteiger partial charge in [0.25, 0.3) is 0 Å². The van der Waals surface area contributed by atoms with E-state index in [2.05, 4.69) is 13.8 Å². The van der Waals surface area contributed by atoms with Gasteiger partial charge in [-0.2, -0.15) is 0 Å². The molecule has 0 aliphatic heterocycles. The molecule has 0 spiro atoms. The molecule has 64 valence electrons. The first-order valence-electron chi connectivity index (χ1n) is 4.80. The maximum Gasteiger partial charge on any atom is 0.136 e. The normalized spacial score (nSPS) is 17.4. The van der Waals surface area contributed by atoms with Gasteiger partial charge in [0.1, 0.15) is 5.78 Å². The van der Waals surface area contributed by atoms with Crippen molar-refractivity contribution in [2.45, 2.75) is 46.0 Å². The van der Waals surface area contributed by atoms with Crippen LogP contribution in [0.1, 0.15) is 46.0 Å². The summed E-state index contributed by atoms with van der Waals surface area (Å²) in [6.07, 6.45) is 5.52. The summed E-state index contributed by atoms with van der Waals surface area (Å²) in [5, 5.41) is 0. The summed E-state index contributed by atoms with van der Waals surface area (Å²) in [4.78, 5) is 11.5. The molecule has 0 saturated heterocycles. The summed E-state index contributed by atoms with van der Waals surface area (Å²) < 4.78 is 0. The highest BCUT2D eigenvalue weighted by molar-refractivity contribution is 5.81. The maximum atomic E-state index is 11.5. The van der Waals surface area contributed by atoms with Crippen molar-refractivity contribution in [3.63, 3.8) is 0 Å². The predicted molar refractivity (Wildman–Crippen MR) is 46.4 cm³/mol. The van der Waals surface area contributed by atoms with Crippen LogP contribution >= 0.6 is 0 Å². The highest BCUT2D eigenvalue weighted by Gasteiger charge is 2.26. The summed E-state index contributed by atoms with van der Waals surface area (Å²) in [5.74, 6) is 1.64. The lowest BCUT2D eigenvalue weighted by atomic mass is 9.95. The molecule has 0 radical (unpaired) electrons. The zero-order valence-corrected chi connectivity index (χ0v) is 7.60. The first-order valence-corrected chi connectivity index (χ1v) is 4.80. The fraction of sp³-hybridized carbons (Fsp3) is 0.900. The van der Waals surface area contributed by atoms with Crippen LogP contribution in [0.25, 0.3) is 0 Å². The smallest absolute Gasteiger partial charge is 0.136 e. The minimum absolute atomic E-state index is 0.357. The molecule has 0 bridgehead atoms. The SMILES string of the molecule is CCC(CC)C(=O)CC1CC1. The van der Waals surface area contributed by atoms with Crippen molar-refractivity contribution in [1.82, 2.24) is 0 Å². The minimum atomic E-state index is 0.357. The topological polar surface area (TPSA) is 17.1 Å². The van der Waals surface area contributed by atoms with Gasteiger partial charge in [-0.05, 0) is 31.6 Å². The average Bonchev–Trinajstić information content (AvgIpc) is 2.74. The molecule has 0 unspecified atom stereocenters. The Morgan fingerprint density at radius 3 is 2.27 bits per heavy atom. The van der Waals surface area contributed by atoms with Crippen molar-refractivity contribution in [3.05, 3.63) is 0 Å². The van der Waals surface area contributed by atoms with Gasteiger partial charge in [0.2, 0.25) is 0 Å². The number of carbonyl (C=O) groups excluding carboxylic acids is 1. The van der Waals surface area contributed by atoms with Crippen molar-refractivity contribution in [2.24, 2.45) is 11.8 Å². The fourth-order valence-electron chi connectivity index (χ4n) is 1.52.